The zero-order valence-corrected chi connectivity index (χ0v) is 8.77. The Balaban J connectivity index is 2.43. The highest BCUT2D eigenvalue weighted by atomic mass is 35.5. The fourth-order valence-electron chi connectivity index (χ4n) is 0.801. The predicted octanol–water partition coefficient (Wildman–Crippen LogP) is 1.85. The molecule has 0 radical (unpaired) electrons. The summed E-state index contributed by atoms with van der Waals surface area (Å²) in [5.74, 6) is -2.03. The van der Waals surface area contributed by atoms with Gasteiger partial charge in [-0.3, -0.25) is 0 Å². The topological polar surface area (TPSA) is 75.6 Å². The van der Waals surface area contributed by atoms with Gasteiger partial charge in [0.1, 0.15) is 0 Å². The molecule has 0 aromatic heterocycles. The third kappa shape index (κ3) is 4.47. The molecule has 1 rings (SSSR count). The number of anilines is 1. The highest BCUT2D eigenvalue weighted by Gasteiger charge is 1.99. The highest BCUT2D eigenvalue weighted by Crippen LogP contribution is 2.13. The van der Waals surface area contributed by atoms with Crippen LogP contribution in [-0.4, -0.2) is 17.0 Å². The molecule has 0 aliphatic rings. The van der Waals surface area contributed by atoms with Gasteiger partial charge in [-0.2, -0.15) is 0 Å². The van der Waals surface area contributed by atoms with E-state index in [1.807, 2.05) is 0 Å². The van der Waals surface area contributed by atoms with Gasteiger partial charge < -0.3 is 9.94 Å². The lowest BCUT2D eigenvalue weighted by Gasteiger charge is -2.03. The molecule has 0 heterocycles. The minimum Gasteiger partial charge on any atom is -0.478 e. The average molecular weight is 242 g/mol. The molecule has 84 valence electrons. The first kappa shape index (κ1) is 12.1. The van der Waals surface area contributed by atoms with Crippen LogP contribution < -0.4 is 5.48 Å². The van der Waals surface area contributed by atoms with Crippen LogP contribution in [0.15, 0.2) is 36.4 Å². The molecule has 1 aromatic carbocycles. The Kier molecular flexibility index (Phi) is 4.35. The second kappa shape index (κ2) is 5.77. The number of aliphatic carboxylic acids is 1. The van der Waals surface area contributed by atoms with Crippen LogP contribution in [0.5, 0.6) is 0 Å². The summed E-state index contributed by atoms with van der Waals surface area (Å²) in [5, 5.41) is 8.81. The fraction of sp³-hybridized carbons (Fsp3) is 0. The Bertz CT molecular complexity index is 413. The first-order chi connectivity index (χ1) is 7.58. The van der Waals surface area contributed by atoms with Crippen LogP contribution in [-0.2, 0) is 14.4 Å². The van der Waals surface area contributed by atoms with Gasteiger partial charge in [-0.15, -0.1) is 0 Å². The summed E-state index contributed by atoms with van der Waals surface area (Å²) in [7, 11) is 0. The van der Waals surface area contributed by atoms with E-state index in [1.54, 1.807) is 24.3 Å². The smallest absolute Gasteiger partial charge is 0.355 e. The van der Waals surface area contributed by atoms with E-state index in [0.717, 1.165) is 6.08 Å². The van der Waals surface area contributed by atoms with E-state index in [1.165, 1.54) is 0 Å². The lowest BCUT2D eigenvalue weighted by molar-refractivity contribution is -0.136. The molecule has 0 spiro atoms. The Hall–Kier alpha value is -2.01. The number of benzene rings is 1. The van der Waals surface area contributed by atoms with E-state index in [-0.39, 0.29) is 0 Å². The third-order valence-electron chi connectivity index (χ3n) is 1.48. The Morgan fingerprint density at radius 3 is 2.44 bits per heavy atom. The largest absolute Gasteiger partial charge is 0.478 e. The van der Waals surface area contributed by atoms with Crippen LogP contribution in [0.25, 0.3) is 0 Å². The van der Waals surface area contributed by atoms with Crippen molar-refractivity contribution in [3.05, 3.63) is 41.4 Å². The Morgan fingerprint density at radius 1 is 1.25 bits per heavy atom. The van der Waals surface area contributed by atoms with E-state index in [2.05, 4.69) is 10.3 Å². The molecule has 0 unspecified atom stereocenters. The minimum absolute atomic E-state index is 0.529. The zero-order chi connectivity index (χ0) is 12.0. The van der Waals surface area contributed by atoms with Crippen molar-refractivity contribution in [3.8, 4) is 0 Å². The van der Waals surface area contributed by atoms with Crippen LogP contribution in [0.1, 0.15) is 0 Å². The fourth-order valence-corrected chi connectivity index (χ4v) is 0.926. The van der Waals surface area contributed by atoms with Crippen LogP contribution in [0, 0.1) is 0 Å². The Labute approximate surface area is 96.2 Å². The summed E-state index contributed by atoms with van der Waals surface area (Å²) in [6, 6.07) is 6.45. The van der Waals surface area contributed by atoms with E-state index in [0.29, 0.717) is 16.8 Å². The van der Waals surface area contributed by atoms with Crippen molar-refractivity contribution in [2.75, 3.05) is 5.48 Å². The number of carboxylic acids is 1. The average Bonchev–Trinajstić information content (AvgIpc) is 2.25. The van der Waals surface area contributed by atoms with Crippen molar-refractivity contribution in [1.82, 2.24) is 0 Å². The van der Waals surface area contributed by atoms with Gasteiger partial charge in [0.2, 0.25) is 0 Å². The molecule has 0 amide bonds. The molecule has 0 fully saturated rings. The van der Waals surface area contributed by atoms with E-state index < -0.39 is 11.9 Å². The van der Waals surface area contributed by atoms with Crippen molar-refractivity contribution in [1.29, 1.82) is 0 Å². The van der Waals surface area contributed by atoms with Gasteiger partial charge in [0.25, 0.3) is 0 Å². The number of hydrogen-bond donors (Lipinski definition) is 2. The molecule has 0 aliphatic carbocycles. The van der Waals surface area contributed by atoms with Gasteiger partial charge in [-0.05, 0) is 24.3 Å². The molecular formula is C10H8ClNO4. The van der Waals surface area contributed by atoms with Gasteiger partial charge in [-0.25, -0.2) is 15.1 Å². The van der Waals surface area contributed by atoms with Gasteiger partial charge in [0.15, 0.2) is 0 Å². The van der Waals surface area contributed by atoms with Gasteiger partial charge >= 0.3 is 11.9 Å². The monoisotopic (exact) mass is 241 g/mol. The van der Waals surface area contributed by atoms with Crippen molar-refractivity contribution in [3.63, 3.8) is 0 Å². The number of rotatable bonds is 4. The molecule has 2 N–H and O–H groups in total. The van der Waals surface area contributed by atoms with Gasteiger partial charge in [-0.1, -0.05) is 11.6 Å². The van der Waals surface area contributed by atoms with Gasteiger partial charge in [0, 0.05) is 17.2 Å². The van der Waals surface area contributed by atoms with Crippen molar-refractivity contribution in [2.24, 2.45) is 0 Å². The van der Waals surface area contributed by atoms with Crippen LogP contribution in [0.4, 0.5) is 5.69 Å². The molecule has 0 aliphatic heterocycles. The first-order valence-electron chi connectivity index (χ1n) is 4.21. The van der Waals surface area contributed by atoms with Crippen LogP contribution >= 0.6 is 11.6 Å². The molecule has 0 saturated heterocycles. The molecular weight excluding hydrogens is 234 g/mol. The molecule has 16 heavy (non-hydrogen) atoms. The number of carboxylic acid groups (broad SMARTS) is 1. The molecule has 0 saturated carbocycles. The van der Waals surface area contributed by atoms with Crippen molar-refractivity contribution in [2.45, 2.75) is 0 Å². The maximum atomic E-state index is 10.9. The number of carbonyl (C=O) groups is 2. The summed E-state index contributed by atoms with van der Waals surface area (Å²) < 4.78 is 0. The van der Waals surface area contributed by atoms with E-state index in [4.69, 9.17) is 16.7 Å². The predicted molar refractivity (Wildman–Crippen MR) is 57.9 cm³/mol. The molecule has 0 atom stereocenters. The third-order valence-corrected chi connectivity index (χ3v) is 1.73. The molecule has 6 heteroatoms. The number of carbonyl (C=O) groups excluding carboxylic acids is 1. The van der Waals surface area contributed by atoms with Crippen LogP contribution in [0.2, 0.25) is 5.02 Å². The minimum atomic E-state index is -1.22. The molecule has 0 bridgehead atoms. The van der Waals surface area contributed by atoms with E-state index >= 15 is 0 Å². The summed E-state index contributed by atoms with van der Waals surface area (Å²) in [6.07, 6.45) is 1.48. The summed E-state index contributed by atoms with van der Waals surface area (Å²) >= 11 is 5.65. The summed E-state index contributed by atoms with van der Waals surface area (Å²) in [4.78, 5) is 25.5. The highest BCUT2D eigenvalue weighted by molar-refractivity contribution is 6.30. The number of hydrogen-bond acceptors (Lipinski definition) is 4. The SMILES string of the molecule is O=C(O)/C=C\C(=O)ONc1ccc(Cl)cc1. The molecule has 5 nitrogen and oxygen atoms in total. The quantitative estimate of drug-likeness (QED) is 0.622. The van der Waals surface area contributed by atoms with Gasteiger partial charge in [0.05, 0.1) is 5.69 Å². The summed E-state index contributed by atoms with van der Waals surface area (Å²) in [6.45, 7) is 0. The lowest BCUT2D eigenvalue weighted by Crippen LogP contribution is -2.08. The zero-order valence-electron chi connectivity index (χ0n) is 8.01. The summed E-state index contributed by atoms with van der Waals surface area (Å²) in [5.41, 5.74) is 2.87. The first-order valence-corrected chi connectivity index (χ1v) is 4.59. The van der Waals surface area contributed by atoms with E-state index in [9.17, 15) is 9.59 Å². The lowest BCUT2D eigenvalue weighted by atomic mass is 10.3. The van der Waals surface area contributed by atoms with Crippen molar-refractivity contribution >= 4 is 29.2 Å². The standard InChI is InChI=1S/C10H8ClNO4/c11-7-1-3-8(4-2-7)12-16-10(15)6-5-9(13)14/h1-6,12H,(H,13,14)/b6-5-. The number of halogens is 1. The van der Waals surface area contributed by atoms with Crippen molar-refractivity contribution < 1.29 is 19.5 Å². The number of nitrogens with one attached hydrogen (secondary N) is 1. The maximum absolute atomic E-state index is 10.9. The molecule has 1 aromatic rings. The van der Waals surface area contributed by atoms with Crippen LogP contribution in [0.3, 0.4) is 0 Å². The Morgan fingerprint density at radius 2 is 1.88 bits per heavy atom. The maximum Gasteiger partial charge on any atom is 0.355 e. The normalized spacial score (nSPS) is 10.1. The second-order valence-electron chi connectivity index (χ2n) is 2.70. The second-order valence-corrected chi connectivity index (χ2v) is 3.14.